The molecule has 0 unspecified atom stereocenters. The van der Waals surface area contributed by atoms with E-state index in [1.807, 2.05) is 17.0 Å². The summed E-state index contributed by atoms with van der Waals surface area (Å²) in [6.45, 7) is 3.65. The summed E-state index contributed by atoms with van der Waals surface area (Å²) >= 11 is 0. The molecule has 1 aliphatic heterocycles. The number of esters is 1. The summed E-state index contributed by atoms with van der Waals surface area (Å²) in [6.07, 6.45) is 6.03. The van der Waals surface area contributed by atoms with Crippen LogP contribution < -0.4 is 5.32 Å². The van der Waals surface area contributed by atoms with E-state index in [4.69, 9.17) is 4.74 Å². The fraction of sp³-hybridized carbons (Fsp3) is 0.381. The lowest BCUT2D eigenvalue weighted by Crippen LogP contribution is -2.32. The summed E-state index contributed by atoms with van der Waals surface area (Å²) in [5, 5.41) is 3.21. The second kappa shape index (κ2) is 9.16. The normalized spacial score (nSPS) is 14.3. The predicted molar refractivity (Wildman–Crippen MR) is 104 cm³/mol. The molecule has 0 bridgehead atoms. The van der Waals surface area contributed by atoms with Crippen LogP contribution in [0.1, 0.15) is 53.5 Å². The Morgan fingerprint density at radius 3 is 2.59 bits per heavy atom. The first kappa shape index (κ1) is 18.9. The summed E-state index contributed by atoms with van der Waals surface area (Å²) in [6, 6.07) is 10.7. The van der Waals surface area contributed by atoms with Gasteiger partial charge in [-0.05, 0) is 44.0 Å². The monoisotopic (exact) mass is 367 g/mol. The first-order valence-electron chi connectivity index (χ1n) is 9.47. The van der Waals surface area contributed by atoms with Crippen molar-refractivity contribution in [2.24, 2.45) is 0 Å². The lowest BCUT2D eigenvalue weighted by Gasteiger charge is -2.20. The number of likely N-dealkylation sites (tertiary alicyclic amines) is 1. The van der Waals surface area contributed by atoms with E-state index in [0.717, 1.165) is 25.9 Å². The largest absolute Gasteiger partial charge is 0.462 e. The molecule has 27 heavy (non-hydrogen) atoms. The van der Waals surface area contributed by atoms with Crippen molar-refractivity contribution in [3.8, 4) is 0 Å². The average molecular weight is 367 g/mol. The fourth-order valence-electron chi connectivity index (χ4n) is 3.20. The Morgan fingerprint density at radius 2 is 1.85 bits per heavy atom. The van der Waals surface area contributed by atoms with Gasteiger partial charge in [0.1, 0.15) is 5.69 Å². The zero-order chi connectivity index (χ0) is 19.1. The van der Waals surface area contributed by atoms with Crippen molar-refractivity contribution >= 4 is 23.3 Å². The zero-order valence-electron chi connectivity index (χ0n) is 15.6. The Morgan fingerprint density at radius 1 is 1.11 bits per heavy atom. The molecule has 1 aromatic heterocycles. The molecule has 1 amide bonds. The number of hydrogen-bond acceptors (Lipinski definition) is 5. The number of nitrogens with one attached hydrogen (secondary N) is 1. The van der Waals surface area contributed by atoms with Crippen molar-refractivity contribution in [1.29, 1.82) is 0 Å². The van der Waals surface area contributed by atoms with E-state index in [9.17, 15) is 9.59 Å². The molecule has 142 valence electrons. The lowest BCUT2D eigenvalue weighted by molar-refractivity contribution is 0.0527. The Labute approximate surface area is 159 Å². The van der Waals surface area contributed by atoms with Gasteiger partial charge in [0.05, 0.1) is 17.9 Å². The van der Waals surface area contributed by atoms with Gasteiger partial charge in [-0.15, -0.1) is 0 Å². The van der Waals surface area contributed by atoms with Gasteiger partial charge in [0.15, 0.2) is 0 Å². The van der Waals surface area contributed by atoms with Crippen molar-refractivity contribution in [3.05, 3.63) is 53.9 Å². The molecule has 3 rings (SSSR count). The third-order valence-corrected chi connectivity index (χ3v) is 4.57. The topological polar surface area (TPSA) is 71.5 Å². The Balaban J connectivity index is 1.78. The number of carbonyl (C=O) groups is 2. The van der Waals surface area contributed by atoms with Crippen LogP contribution in [0.5, 0.6) is 0 Å². The minimum absolute atomic E-state index is 0.0424. The molecule has 0 atom stereocenters. The molecular weight excluding hydrogens is 342 g/mol. The van der Waals surface area contributed by atoms with E-state index >= 15 is 0 Å². The molecule has 2 aromatic rings. The van der Waals surface area contributed by atoms with Crippen LogP contribution in [0.2, 0.25) is 0 Å². The van der Waals surface area contributed by atoms with Crippen LogP contribution in [0.15, 0.2) is 42.6 Å². The molecule has 1 aromatic carbocycles. The highest BCUT2D eigenvalue weighted by Crippen LogP contribution is 2.22. The molecule has 1 N–H and O–H groups in total. The number of amides is 1. The molecule has 6 heteroatoms. The number of pyridine rings is 1. The minimum atomic E-state index is -0.379. The third kappa shape index (κ3) is 4.84. The van der Waals surface area contributed by atoms with E-state index in [-0.39, 0.29) is 11.9 Å². The van der Waals surface area contributed by atoms with Crippen molar-refractivity contribution in [1.82, 2.24) is 9.88 Å². The summed E-state index contributed by atoms with van der Waals surface area (Å²) in [7, 11) is 0. The predicted octanol–water partition coefficient (Wildman–Crippen LogP) is 4.02. The molecular formula is C21H25N3O3. The van der Waals surface area contributed by atoms with Gasteiger partial charge in [-0.25, -0.2) is 4.79 Å². The molecule has 1 saturated heterocycles. The quantitative estimate of drug-likeness (QED) is 0.808. The number of carbonyl (C=O) groups excluding carboxylic acids is 2. The average Bonchev–Trinajstić information content (AvgIpc) is 2.98. The molecule has 2 heterocycles. The molecule has 0 radical (unpaired) electrons. The van der Waals surface area contributed by atoms with Gasteiger partial charge in [-0.1, -0.05) is 25.0 Å². The fourth-order valence-corrected chi connectivity index (χ4v) is 3.20. The van der Waals surface area contributed by atoms with E-state index in [1.165, 1.54) is 12.8 Å². The van der Waals surface area contributed by atoms with Gasteiger partial charge in [0.2, 0.25) is 0 Å². The SMILES string of the molecule is CCOC(=O)c1ccccc1Nc1ccnc(C(=O)N2CCCCCC2)c1. The molecule has 0 aliphatic carbocycles. The van der Waals surface area contributed by atoms with E-state index in [0.29, 0.717) is 29.2 Å². The smallest absolute Gasteiger partial charge is 0.340 e. The van der Waals surface area contributed by atoms with E-state index in [1.54, 1.807) is 37.4 Å². The minimum Gasteiger partial charge on any atom is -0.462 e. The van der Waals surface area contributed by atoms with Crippen LogP contribution in [0.4, 0.5) is 11.4 Å². The van der Waals surface area contributed by atoms with Gasteiger partial charge >= 0.3 is 5.97 Å². The first-order valence-corrected chi connectivity index (χ1v) is 9.47. The van der Waals surface area contributed by atoms with Crippen molar-refractivity contribution in [2.45, 2.75) is 32.6 Å². The zero-order valence-corrected chi connectivity index (χ0v) is 15.6. The van der Waals surface area contributed by atoms with Gasteiger partial charge in [-0.2, -0.15) is 0 Å². The number of rotatable bonds is 5. The van der Waals surface area contributed by atoms with E-state index < -0.39 is 0 Å². The van der Waals surface area contributed by atoms with Crippen LogP contribution in [-0.4, -0.2) is 41.5 Å². The summed E-state index contributed by atoms with van der Waals surface area (Å²) in [4.78, 5) is 31.0. The highest BCUT2D eigenvalue weighted by Gasteiger charge is 2.19. The number of ether oxygens (including phenoxy) is 1. The highest BCUT2D eigenvalue weighted by atomic mass is 16.5. The second-order valence-electron chi connectivity index (χ2n) is 6.53. The van der Waals surface area contributed by atoms with Crippen LogP contribution in [0.3, 0.4) is 0 Å². The molecule has 1 aliphatic rings. The molecule has 0 spiro atoms. The number of anilines is 2. The maximum Gasteiger partial charge on any atom is 0.340 e. The highest BCUT2D eigenvalue weighted by molar-refractivity contribution is 5.97. The summed E-state index contributed by atoms with van der Waals surface area (Å²) in [5.41, 5.74) is 2.21. The number of nitrogens with zero attached hydrogens (tertiary/aromatic N) is 2. The number of para-hydroxylation sites is 1. The van der Waals surface area contributed by atoms with Gasteiger partial charge in [-0.3, -0.25) is 9.78 Å². The lowest BCUT2D eigenvalue weighted by atomic mass is 10.1. The standard InChI is InChI=1S/C21H25N3O3/c1-2-27-21(26)17-9-5-6-10-18(17)23-16-11-12-22-19(15-16)20(25)24-13-7-3-4-8-14-24/h5-6,9-12,15H,2-4,7-8,13-14H2,1H3,(H,22,23). The number of hydrogen-bond donors (Lipinski definition) is 1. The number of benzene rings is 1. The van der Waals surface area contributed by atoms with Crippen LogP contribution in [0, 0.1) is 0 Å². The maximum absolute atomic E-state index is 12.8. The van der Waals surface area contributed by atoms with Gasteiger partial charge < -0.3 is 15.0 Å². The van der Waals surface area contributed by atoms with Crippen molar-refractivity contribution in [3.63, 3.8) is 0 Å². The Hall–Kier alpha value is -2.89. The Kier molecular flexibility index (Phi) is 6.41. The van der Waals surface area contributed by atoms with Crippen molar-refractivity contribution < 1.29 is 14.3 Å². The van der Waals surface area contributed by atoms with Gasteiger partial charge in [0, 0.05) is 25.0 Å². The second-order valence-corrected chi connectivity index (χ2v) is 6.53. The summed E-state index contributed by atoms with van der Waals surface area (Å²) in [5.74, 6) is -0.422. The van der Waals surface area contributed by atoms with Crippen LogP contribution >= 0.6 is 0 Å². The van der Waals surface area contributed by atoms with E-state index in [2.05, 4.69) is 10.3 Å². The van der Waals surface area contributed by atoms with Gasteiger partial charge in [0.25, 0.3) is 5.91 Å². The molecule has 1 fully saturated rings. The van der Waals surface area contributed by atoms with Crippen molar-refractivity contribution in [2.75, 3.05) is 25.0 Å². The molecule has 0 saturated carbocycles. The maximum atomic E-state index is 12.8. The molecule has 6 nitrogen and oxygen atoms in total. The number of aromatic nitrogens is 1. The van der Waals surface area contributed by atoms with Crippen LogP contribution in [0.25, 0.3) is 0 Å². The van der Waals surface area contributed by atoms with Crippen LogP contribution in [-0.2, 0) is 4.74 Å². The summed E-state index contributed by atoms with van der Waals surface area (Å²) < 4.78 is 5.11. The third-order valence-electron chi connectivity index (χ3n) is 4.57. The first-order chi connectivity index (χ1) is 13.2. The Bertz CT molecular complexity index is 799.